The van der Waals surface area contributed by atoms with Crippen LogP contribution in [0.25, 0.3) is 0 Å². The van der Waals surface area contributed by atoms with Crippen molar-refractivity contribution in [2.75, 3.05) is 40.0 Å². The molecule has 1 saturated heterocycles. The maximum absolute atomic E-state index is 11.7. The van der Waals surface area contributed by atoms with Gasteiger partial charge in [0, 0.05) is 19.5 Å². The molecule has 0 aromatic carbocycles. The van der Waals surface area contributed by atoms with Gasteiger partial charge in [-0.15, -0.1) is 0 Å². The molecule has 0 N–H and O–H groups in total. The highest BCUT2D eigenvalue weighted by Crippen LogP contribution is 2.21. The summed E-state index contributed by atoms with van der Waals surface area (Å²) in [6, 6.07) is 0. The first-order chi connectivity index (χ1) is 7.79. The molecule has 1 heterocycles. The first-order valence-electron chi connectivity index (χ1n) is 5.90. The van der Waals surface area contributed by atoms with Crippen molar-refractivity contribution >= 4 is 15.8 Å². The van der Waals surface area contributed by atoms with Crippen molar-refractivity contribution in [1.29, 1.82) is 0 Å². The zero-order chi connectivity index (χ0) is 13.1. The average molecular weight is 262 g/mol. The molecule has 0 aliphatic carbocycles. The van der Waals surface area contributed by atoms with E-state index in [4.69, 9.17) is 0 Å². The molecule has 100 valence electrons. The van der Waals surface area contributed by atoms with Gasteiger partial charge in [0.25, 0.3) is 0 Å². The molecular formula is C11H22N2O3S. The van der Waals surface area contributed by atoms with Crippen LogP contribution in [0.5, 0.6) is 0 Å². The first-order valence-corrected chi connectivity index (χ1v) is 7.75. The second-order valence-corrected chi connectivity index (χ2v) is 7.09. The number of ketones is 1. The van der Waals surface area contributed by atoms with Crippen LogP contribution in [0.3, 0.4) is 0 Å². The molecule has 0 saturated carbocycles. The molecule has 1 rings (SSSR count). The van der Waals surface area contributed by atoms with E-state index in [1.54, 1.807) is 0 Å². The summed E-state index contributed by atoms with van der Waals surface area (Å²) >= 11 is 0. The van der Waals surface area contributed by atoms with Crippen LogP contribution in [-0.2, 0) is 14.8 Å². The van der Waals surface area contributed by atoms with Gasteiger partial charge in [0.15, 0.2) is 0 Å². The summed E-state index contributed by atoms with van der Waals surface area (Å²) in [5.74, 6) is 0.376. The van der Waals surface area contributed by atoms with E-state index in [2.05, 4.69) is 0 Å². The highest BCUT2D eigenvalue weighted by atomic mass is 32.2. The van der Waals surface area contributed by atoms with E-state index >= 15 is 0 Å². The van der Waals surface area contributed by atoms with Gasteiger partial charge in [-0.05, 0) is 32.9 Å². The summed E-state index contributed by atoms with van der Waals surface area (Å²) < 4.78 is 24.3. The predicted octanol–water partition coefficient (Wildman–Crippen LogP) is 0.179. The molecule has 0 bridgehead atoms. The van der Waals surface area contributed by atoms with Crippen LogP contribution in [-0.4, -0.2) is 63.4 Å². The van der Waals surface area contributed by atoms with Crippen molar-refractivity contribution in [3.63, 3.8) is 0 Å². The van der Waals surface area contributed by atoms with Crippen molar-refractivity contribution in [1.82, 2.24) is 9.21 Å². The van der Waals surface area contributed by atoms with Crippen LogP contribution in [0.2, 0.25) is 0 Å². The Morgan fingerprint density at radius 1 is 1.41 bits per heavy atom. The molecule has 17 heavy (non-hydrogen) atoms. The Balaban J connectivity index is 2.48. The van der Waals surface area contributed by atoms with Gasteiger partial charge in [0.05, 0.1) is 12.8 Å². The molecule has 0 aromatic rings. The Bertz CT molecular complexity index is 365. The lowest BCUT2D eigenvalue weighted by Gasteiger charge is -2.30. The smallest absolute Gasteiger partial charge is 0.211 e. The third-order valence-electron chi connectivity index (χ3n) is 2.96. The number of rotatable bonds is 5. The standard InChI is InChI=1S/C11H22N2O3S/c1-12(2)9-11(14)7-10-5-4-6-13(8-10)17(3,15)16/h10H,4-9H2,1-3H3. The topological polar surface area (TPSA) is 57.7 Å². The third-order valence-corrected chi connectivity index (χ3v) is 4.23. The third kappa shape index (κ3) is 5.14. The van der Waals surface area contributed by atoms with Gasteiger partial charge in [0.1, 0.15) is 5.78 Å². The Morgan fingerprint density at radius 2 is 2.06 bits per heavy atom. The van der Waals surface area contributed by atoms with Gasteiger partial charge in [-0.3, -0.25) is 4.79 Å². The van der Waals surface area contributed by atoms with Crippen molar-refractivity contribution in [3.05, 3.63) is 0 Å². The quantitative estimate of drug-likeness (QED) is 0.709. The first kappa shape index (κ1) is 14.6. The fourth-order valence-electron chi connectivity index (χ4n) is 2.23. The molecule has 0 radical (unpaired) electrons. The van der Waals surface area contributed by atoms with E-state index in [1.165, 1.54) is 10.6 Å². The van der Waals surface area contributed by atoms with Crippen molar-refractivity contribution in [2.45, 2.75) is 19.3 Å². The Morgan fingerprint density at radius 3 is 2.59 bits per heavy atom. The molecule has 1 aliphatic rings. The fraction of sp³-hybridized carbons (Fsp3) is 0.909. The van der Waals surface area contributed by atoms with Crippen LogP contribution in [0.15, 0.2) is 0 Å². The summed E-state index contributed by atoms with van der Waals surface area (Å²) in [4.78, 5) is 13.5. The fourth-order valence-corrected chi connectivity index (χ4v) is 3.18. The zero-order valence-electron chi connectivity index (χ0n) is 10.8. The van der Waals surface area contributed by atoms with E-state index in [0.29, 0.717) is 26.1 Å². The number of hydrogen-bond acceptors (Lipinski definition) is 4. The Hall–Kier alpha value is -0.460. The van der Waals surface area contributed by atoms with E-state index < -0.39 is 10.0 Å². The zero-order valence-corrected chi connectivity index (χ0v) is 11.7. The lowest BCUT2D eigenvalue weighted by atomic mass is 9.94. The highest BCUT2D eigenvalue weighted by Gasteiger charge is 2.27. The molecule has 0 amide bonds. The molecule has 5 nitrogen and oxygen atoms in total. The minimum atomic E-state index is -3.11. The predicted molar refractivity (Wildman–Crippen MR) is 67.3 cm³/mol. The van der Waals surface area contributed by atoms with Gasteiger partial charge in [-0.1, -0.05) is 0 Å². The van der Waals surface area contributed by atoms with Crippen LogP contribution in [0.4, 0.5) is 0 Å². The molecule has 1 fully saturated rings. The molecule has 1 atom stereocenters. The summed E-state index contributed by atoms with van der Waals surface area (Å²) in [6.07, 6.45) is 3.53. The monoisotopic (exact) mass is 262 g/mol. The maximum Gasteiger partial charge on any atom is 0.211 e. The van der Waals surface area contributed by atoms with E-state index in [9.17, 15) is 13.2 Å². The molecule has 6 heteroatoms. The summed E-state index contributed by atoms with van der Waals surface area (Å²) in [7, 11) is 0.619. The van der Waals surface area contributed by atoms with Crippen LogP contribution in [0, 0.1) is 5.92 Å². The van der Waals surface area contributed by atoms with Crippen LogP contribution < -0.4 is 0 Å². The Labute approximate surface area is 104 Å². The van der Waals surface area contributed by atoms with Gasteiger partial charge in [-0.25, -0.2) is 12.7 Å². The van der Waals surface area contributed by atoms with Crippen molar-refractivity contribution in [3.8, 4) is 0 Å². The number of piperidine rings is 1. The van der Waals surface area contributed by atoms with Gasteiger partial charge >= 0.3 is 0 Å². The number of Topliss-reactive ketones (excluding diaryl/α,β-unsaturated/α-hetero) is 1. The van der Waals surface area contributed by atoms with Crippen LogP contribution >= 0.6 is 0 Å². The molecular weight excluding hydrogens is 240 g/mol. The number of carbonyl (C=O) groups excluding carboxylic acids is 1. The number of sulfonamides is 1. The lowest BCUT2D eigenvalue weighted by Crippen LogP contribution is -2.40. The number of carbonyl (C=O) groups is 1. The lowest BCUT2D eigenvalue weighted by molar-refractivity contribution is -0.120. The maximum atomic E-state index is 11.7. The number of hydrogen-bond donors (Lipinski definition) is 0. The van der Waals surface area contributed by atoms with Gasteiger partial charge < -0.3 is 4.90 Å². The summed E-state index contributed by atoms with van der Waals surface area (Å²) in [5, 5.41) is 0. The summed E-state index contributed by atoms with van der Waals surface area (Å²) in [5.41, 5.74) is 0. The number of likely N-dealkylation sites (N-methyl/N-ethyl adjacent to an activating group) is 1. The summed E-state index contributed by atoms with van der Waals surface area (Å²) in [6.45, 7) is 1.53. The average Bonchev–Trinajstić information content (AvgIpc) is 2.15. The minimum absolute atomic E-state index is 0.186. The van der Waals surface area contributed by atoms with Crippen LogP contribution in [0.1, 0.15) is 19.3 Å². The largest absolute Gasteiger partial charge is 0.302 e. The molecule has 1 unspecified atom stereocenters. The Kier molecular flexibility index (Phi) is 5.09. The van der Waals surface area contributed by atoms with E-state index in [-0.39, 0.29) is 11.7 Å². The molecule has 0 aromatic heterocycles. The SMILES string of the molecule is CN(C)CC(=O)CC1CCCN(S(C)(=O)=O)C1. The molecule has 0 spiro atoms. The van der Waals surface area contributed by atoms with Crippen molar-refractivity contribution in [2.24, 2.45) is 5.92 Å². The normalized spacial score (nSPS) is 22.9. The van der Waals surface area contributed by atoms with Gasteiger partial charge in [-0.2, -0.15) is 0 Å². The minimum Gasteiger partial charge on any atom is -0.302 e. The van der Waals surface area contributed by atoms with E-state index in [1.807, 2.05) is 19.0 Å². The highest BCUT2D eigenvalue weighted by molar-refractivity contribution is 7.88. The van der Waals surface area contributed by atoms with Crippen molar-refractivity contribution < 1.29 is 13.2 Å². The van der Waals surface area contributed by atoms with E-state index in [0.717, 1.165) is 12.8 Å². The second kappa shape index (κ2) is 5.93. The molecule has 1 aliphatic heterocycles. The second-order valence-electron chi connectivity index (χ2n) is 5.11. The van der Waals surface area contributed by atoms with Gasteiger partial charge in [0.2, 0.25) is 10.0 Å². The number of nitrogens with zero attached hydrogens (tertiary/aromatic N) is 2.